The highest BCUT2D eigenvalue weighted by atomic mass is 16.6. The number of carbonyl (C=O) groups excluding carboxylic acids is 1. The van der Waals surface area contributed by atoms with Gasteiger partial charge in [-0.05, 0) is 82.3 Å². The number of hydrogen-bond donors (Lipinski definition) is 1. The van der Waals surface area contributed by atoms with E-state index < -0.39 is 5.60 Å². The van der Waals surface area contributed by atoms with Gasteiger partial charge in [-0.2, -0.15) is 0 Å². The minimum atomic E-state index is -0.414. The highest BCUT2D eigenvalue weighted by Gasteiger charge is 2.50. The number of allylic oxidation sites excluding steroid dienone is 1. The second-order valence-electron chi connectivity index (χ2n) is 12.4. The van der Waals surface area contributed by atoms with E-state index in [4.69, 9.17) is 14.5 Å². The van der Waals surface area contributed by atoms with Gasteiger partial charge in [-0.1, -0.05) is 56.3 Å². The summed E-state index contributed by atoms with van der Waals surface area (Å²) in [7, 11) is 2.18. The molecule has 40 heavy (non-hydrogen) atoms. The summed E-state index contributed by atoms with van der Waals surface area (Å²) in [5.41, 5.74) is 4.26. The fraction of sp³-hybridized carbons (Fsp3) is 0.529. The van der Waals surface area contributed by atoms with Gasteiger partial charge in [0.25, 0.3) is 0 Å². The van der Waals surface area contributed by atoms with Gasteiger partial charge in [0.1, 0.15) is 22.7 Å². The van der Waals surface area contributed by atoms with E-state index in [1.807, 2.05) is 39.8 Å². The minimum Gasteiger partial charge on any atom is -0.489 e. The number of imidazole rings is 1. The second-order valence-corrected chi connectivity index (χ2v) is 12.4. The molecule has 214 valence electrons. The molecule has 3 aromatic rings. The Hall–Kier alpha value is -3.12. The lowest BCUT2D eigenvalue weighted by Gasteiger charge is -2.50. The molecule has 6 nitrogen and oxygen atoms in total. The molecule has 2 bridgehead atoms. The monoisotopic (exact) mass is 543 g/mol. The highest BCUT2D eigenvalue weighted by Crippen LogP contribution is 2.53. The molecule has 0 spiro atoms. The first kappa shape index (κ1) is 28.4. The van der Waals surface area contributed by atoms with Crippen LogP contribution >= 0.6 is 0 Å². The molecule has 3 unspecified atom stereocenters. The third-order valence-corrected chi connectivity index (χ3v) is 8.55. The molecule has 1 saturated carbocycles. The predicted molar refractivity (Wildman–Crippen MR) is 161 cm³/mol. The van der Waals surface area contributed by atoms with Gasteiger partial charge in [-0.3, -0.25) is 4.79 Å². The molecule has 1 N–H and O–H groups in total. The molecule has 1 fully saturated rings. The lowest BCUT2D eigenvalue weighted by molar-refractivity contribution is -0.176. The number of nitrogens with zero attached hydrogens (tertiary/aromatic N) is 2. The Morgan fingerprint density at radius 3 is 2.58 bits per heavy atom. The van der Waals surface area contributed by atoms with Crippen LogP contribution in [0.4, 0.5) is 0 Å². The molecular formula is C34H45N3O3. The summed E-state index contributed by atoms with van der Waals surface area (Å²) in [4.78, 5) is 23.6. The van der Waals surface area contributed by atoms with Crippen molar-refractivity contribution < 1.29 is 14.3 Å². The largest absolute Gasteiger partial charge is 0.489 e. The predicted octanol–water partition coefficient (Wildman–Crippen LogP) is 7.06. The van der Waals surface area contributed by atoms with Gasteiger partial charge in [-0.25, -0.2) is 4.98 Å². The van der Waals surface area contributed by atoms with Crippen LogP contribution in [-0.2, 0) is 16.0 Å². The van der Waals surface area contributed by atoms with E-state index in [2.05, 4.69) is 59.4 Å². The van der Waals surface area contributed by atoms with Crippen LogP contribution in [0.3, 0.4) is 0 Å². The lowest BCUT2D eigenvalue weighted by Crippen LogP contribution is -2.51. The third-order valence-electron chi connectivity index (χ3n) is 8.55. The van der Waals surface area contributed by atoms with Gasteiger partial charge >= 0.3 is 5.97 Å². The molecule has 3 aliphatic carbocycles. The summed E-state index contributed by atoms with van der Waals surface area (Å²) in [5, 5.41) is 0. The maximum absolute atomic E-state index is 12.9. The Bertz CT molecular complexity index is 1330. The molecule has 0 amide bonds. The fourth-order valence-corrected chi connectivity index (χ4v) is 6.44. The topological polar surface area (TPSA) is 67.4 Å². The standard InChI is InChI=1S/C34H45N3O3/c1-23(2)33(38)40-34(22-26-16-17-27(34)21-28(26)25-11-7-6-8-12-25)18-20-37(5)19-10-15-31-35-29-13-9-14-30(32(29)36-31)39-24(3)4/h6-9,11-14,21,23-24,26-27H,10,15-20,22H2,1-5H3,(H,35,36). The molecule has 1 aromatic heterocycles. The number of para-hydroxylation sites is 1. The van der Waals surface area contributed by atoms with Gasteiger partial charge in [0.05, 0.1) is 17.5 Å². The smallest absolute Gasteiger partial charge is 0.308 e. The zero-order valence-corrected chi connectivity index (χ0v) is 24.8. The third kappa shape index (κ3) is 6.27. The van der Waals surface area contributed by atoms with E-state index in [9.17, 15) is 4.79 Å². The number of esters is 1. The number of aryl methyl sites for hydroxylation is 1. The van der Waals surface area contributed by atoms with E-state index in [0.717, 1.165) is 67.8 Å². The van der Waals surface area contributed by atoms with Crippen LogP contribution in [0.1, 0.15) is 71.2 Å². The summed E-state index contributed by atoms with van der Waals surface area (Å²) in [5.74, 6) is 2.34. The summed E-state index contributed by atoms with van der Waals surface area (Å²) < 4.78 is 12.4. The van der Waals surface area contributed by atoms with Crippen molar-refractivity contribution in [1.82, 2.24) is 14.9 Å². The van der Waals surface area contributed by atoms with Crippen molar-refractivity contribution >= 4 is 22.6 Å². The van der Waals surface area contributed by atoms with Crippen molar-refractivity contribution in [2.24, 2.45) is 17.8 Å². The second kappa shape index (κ2) is 12.2. The number of hydrogen-bond acceptors (Lipinski definition) is 5. The van der Waals surface area contributed by atoms with Crippen molar-refractivity contribution in [3.8, 4) is 5.75 Å². The summed E-state index contributed by atoms with van der Waals surface area (Å²) >= 11 is 0. The lowest BCUT2D eigenvalue weighted by atomic mass is 9.60. The fourth-order valence-electron chi connectivity index (χ4n) is 6.44. The molecule has 0 radical (unpaired) electrons. The Balaban J connectivity index is 1.22. The van der Waals surface area contributed by atoms with E-state index in [0.29, 0.717) is 5.92 Å². The number of ether oxygens (including phenoxy) is 2. The summed E-state index contributed by atoms with van der Waals surface area (Å²) in [6, 6.07) is 16.8. The highest BCUT2D eigenvalue weighted by molar-refractivity contribution is 5.81. The first-order valence-corrected chi connectivity index (χ1v) is 15.1. The molecular weight excluding hydrogens is 498 g/mol. The minimum absolute atomic E-state index is 0.0736. The molecule has 1 heterocycles. The van der Waals surface area contributed by atoms with Gasteiger partial charge < -0.3 is 19.4 Å². The maximum Gasteiger partial charge on any atom is 0.308 e. The van der Waals surface area contributed by atoms with Crippen LogP contribution in [0, 0.1) is 17.8 Å². The van der Waals surface area contributed by atoms with Crippen molar-refractivity contribution in [3.63, 3.8) is 0 Å². The van der Waals surface area contributed by atoms with Gasteiger partial charge in [0.15, 0.2) is 0 Å². The number of fused-ring (bicyclic) bond motifs is 3. The van der Waals surface area contributed by atoms with Crippen molar-refractivity contribution in [2.45, 2.75) is 77.9 Å². The van der Waals surface area contributed by atoms with Crippen LogP contribution in [-0.4, -0.2) is 52.7 Å². The van der Waals surface area contributed by atoms with Crippen LogP contribution in [0.5, 0.6) is 5.75 Å². The summed E-state index contributed by atoms with van der Waals surface area (Å²) in [6.45, 7) is 9.80. The number of aromatic nitrogens is 2. The zero-order chi connectivity index (χ0) is 28.3. The Labute approximate surface area is 239 Å². The van der Waals surface area contributed by atoms with E-state index in [1.54, 1.807) is 0 Å². The molecule has 3 aliphatic rings. The Morgan fingerprint density at radius 1 is 1.07 bits per heavy atom. The first-order valence-electron chi connectivity index (χ1n) is 15.1. The van der Waals surface area contributed by atoms with E-state index in [-0.39, 0.29) is 23.9 Å². The normalized spacial score (nSPS) is 22.4. The molecule has 0 aliphatic heterocycles. The maximum atomic E-state index is 12.9. The van der Waals surface area contributed by atoms with Crippen LogP contribution in [0.2, 0.25) is 0 Å². The molecule has 3 atom stereocenters. The number of aromatic amines is 1. The average molecular weight is 544 g/mol. The Kier molecular flexibility index (Phi) is 8.65. The average Bonchev–Trinajstić information content (AvgIpc) is 3.36. The van der Waals surface area contributed by atoms with Crippen molar-refractivity contribution in [3.05, 3.63) is 66.0 Å². The SMILES string of the molecule is CC(C)Oc1cccc2[nH]c(CCCN(C)CCC3(OC(=O)C(C)C)CC4CCC3C=C4c3ccccc3)nc12. The van der Waals surface area contributed by atoms with Crippen molar-refractivity contribution in [2.75, 3.05) is 20.1 Å². The number of rotatable bonds is 12. The Morgan fingerprint density at radius 2 is 1.88 bits per heavy atom. The van der Waals surface area contributed by atoms with Crippen LogP contribution in [0.25, 0.3) is 16.6 Å². The number of H-pyrrole nitrogens is 1. The number of carbonyl (C=O) groups is 1. The van der Waals surface area contributed by atoms with Gasteiger partial charge in [-0.15, -0.1) is 0 Å². The quantitative estimate of drug-likeness (QED) is 0.248. The van der Waals surface area contributed by atoms with Gasteiger partial charge in [0, 0.05) is 25.3 Å². The first-order chi connectivity index (χ1) is 19.2. The van der Waals surface area contributed by atoms with E-state index >= 15 is 0 Å². The van der Waals surface area contributed by atoms with Gasteiger partial charge in [0.2, 0.25) is 0 Å². The van der Waals surface area contributed by atoms with Crippen molar-refractivity contribution in [1.29, 1.82) is 0 Å². The molecule has 0 saturated heterocycles. The molecule has 6 rings (SSSR count). The molecule has 6 heteroatoms. The van der Waals surface area contributed by atoms with E-state index in [1.165, 1.54) is 17.6 Å². The zero-order valence-electron chi connectivity index (χ0n) is 24.8. The number of nitrogens with one attached hydrogen (secondary N) is 1. The summed E-state index contributed by atoms with van der Waals surface area (Å²) in [6.07, 6.45) is 8.46. The number of benzene rings is 2. The van der Waals surface area contributed by atoms with Crippen LogP contribution in [0.15, 0.2) is 54.6 Å². The molecule has 2 aromatic carbocycles. The van der Waals surface area contributed by atoms with Crippen LogP contribution < -0.4 is 4.74 Å².